The van der Waals surface area contributed by atoms with Crippen molar-refractivity contribution in [3.8, 4) is 6.07 Å². The zero-order chi connectivity index (χ0) is 19.8. The van der Waals surface area contributed by atoms with Gasteiger partial charge in [-0.2, -0.15) is 5.26 Å². The van der Waals surface area contributed by atoms with Crippen LogP contribution in [0, 0.1) is 11.3 Å². The van der Waals surface area contributed by atoms with E-state index in [0.29, 0.717) is 22.6 Å². The summed E-state index contributed by atoms with van der Waals surface area (Å²) in [4.78, 5) is 36.7. The lowest BCUT2D eigenvalue weighted by molar-refractivity contribution is -0.117. The molecule has 0 heterocycles. The first-order valence-electron chi connectivity index (χ1n) is 8.35. The number of carbonyl (C=O) groups is 3. The lowest BCUT2D eigenvalue weighted by Gasteiger charge is -2.21. The number of nitrogens with zero attached hydrogens (tertiary/aromatic N) is 2. The smallest absolute Gasteiger partial charge is 0.226 e. The monoisotopic (exact) mass is 364 g/mol. The molecule has 0 aliphatic carbocycles. The van der Waals surface area contributed by atoms with E-state index in [1.807, 2.05) is 6.07 Å². The van der Waals surface area contributed by atoms with Crippen molar-refractivity contribution in [1.82, 2.24) is 0 Å². The number of rotatable bonds is 6. The minimum absolute atomic E-state index is 0.0762. The maximum absolute atomic E-state index is 12.2. The number of hydrogen-bond donors (Lipinski definition) is 2. The van der Waals surface area contributed by atoms with E-state index in [9.17, 15) is 14.4 Å². The third-order valence-corrected chi connectivity index (χ3v) is 3.76. The van der Waals surface area contributed by atoms with Gasteiger partial charge in [-0.15, -0.1) is 0 Å². The van der Waals surface area contributed by atoms with Crippen LogP contribution in [0.5, 0.6) is 0 Å². The highest BCUT2D eigenvalue weighted by Gasteiger charge is 2.14. The summed E-state index contributed by atoms with van der Waals surface area (Å²) in [5, 5.41) is 14.4. The van der Waals surface area contributed by atoms with Gasteiger partial charge >= 0.3 is 0 Å². The second kappa shape index (κ2) is 9.15. The molecule has 0 aromatic heterocycles. The molecule has 0 radical (unpaired) electrons. The van der Waals surface area contributed by atoms with E-state index in [4.69, 9.17) is 5.26 Å². The quantitative estimate of drug-likeness (QED) is 0.822. The first-order valence-corrected chi connectivity index (χ1v) is 8.35. The fourth-order valence-corrected chi connectivity index (χ4v) is 2.51. The summed E-state index contributed by atoms with van der Waals surface area (Å²) in [6.45, 7) is 3.03. The summed E-state index contributed by atoms with van der Waals surface area (Å²) in [6, 6.07) is 15.5. The maximum atomic E-state index is 12.2. The average Bonchev–Trinajstić information content (AvgIpc) is 2.63. The number of benzene rings is 2. The van der Waals surface area contributed by atoms with E-state index >= 15 is 0 Å². The molecule has 2 N–H and O–H groups in total. The van der Waals surface area contributed by atoms with Gasteiger partial charge in [0, 0.05) is 38.2 Å². The average molecular weight is 364 g/mol. The van der Waals surface area contributed by atoms with Gasteiger partial charge in [0.25, 0.3) is 0 Å². The molecule has 0 fully saturated rings. The van der Waals surface area contributed by atoms with Crippen LogP contribution >= 0.6 is 0 Å². The van der Waals surface area contributed by atoms with Gasteiger partial charge in [0.15, 0.2) is 0 Å². The molecule has 0 aliphatic heterocycles. The standard InChI is InChI=1S/C20H20N4O3/c1-14(25)22-17-7-9-18(10-8-17)24(15(2)26)12-11-20(27)23-19-6-4-3-5-16(19)13-21/h3-10H,11-12H2,1-2H3,(H,22,25)(H,23,27). The number of anilines is 3. The molecule has 0 bridgehead atoms. The van der Waals surface area contributed by atoms with Gasteiger partial charge in [-0.3, -0.25) is 14.4 Å². The zero-order valence-electron chi connectivity index (χ0n) is 15.2. The van der Waals surface area contributed by atoms with E-state index in [1.165, 1.54) is 18.7 Å². The fraction of sp³-hybridized carbons (Fsp3) is 0.200. The molecule has 2 rings (SSSR count). The van der Waals surface area contributed by atoms with Gasteiger partial charge in [0.05, 0.1) is 11.3 Å². The number of hydrogen-bond acceptors (Lipinski definition) is 4. The summed E-state index contributed by atoms with van der Waals surface area (Å²) < 4.78 is 0. The van der Waals surface area contributed by atoms with E-state index in [-0.39, 0.29) is 30.7 Å². The number of carbonyl (C=O) groups excluding carboxylic acids is 3. The molecule has 7 heteroatoms. The minimum atomic E-state index is -0.293. The largest absolute Gasteiger partial charge is 0.326 e. The van der Waals surface area contributed by atoms with Gasteiger partial charge in [0.1, 0.15) is 6.07 Å². The van der Waals surface area contributed by atoms with Crippen LogP contribution < -0.4 is 15.5 Å². The molecule has 7 nitrogen and oxygen atoms in total. The van der Waals surface area contributed by atoms with Crippen molar-refractivity contribution in [2.75, 3.05) is 22.1 Å². The van der Waals surface area contributed by atoms with Gasteiger partial charge in [0.2, 0.25) is 17.7 Å². The first-order chi connectivity index (χ1) is 12.9. The molecule has 0 atom stereocenters. The molecule has 138 valence electrons. The number of nitriles is 1. The van der Waals surface area contributed by atoms with Crippen LogP contribution in [-0.4, -0.2) is 24.3 Å². The summed E-state index contributed by atoms with van der Waals surface area (Å²) >= 11 is 0. The minimum Gasteiger partial charge on any atom is -0.326 e. The Kier molecular flexibility index (Phi) is 6.67. The van der Waals surface area contributed by atoms with Crippen molar-refractivity contribution < 1.29 is 14.4 Å². The normalized spacial score (nSPS) is 9.81. The molecule has 0 aliphatic rings. The van der Waals surface area contributed by atoms with Crippen molar-refractivity contribution in [2.45, 2.75) is 20.3 Å². The van der Waals surface area contributed by atoms with Crippen molar-refractivity contribution >= 4 is 34.8 Å². The van der Waals surface area contributed by atoms with Crippen molar-refractivity contribution in [3.05, 3.63) is 54.1 Å². The predicted octanol–water partition coefficient (Wildman–Crippen LogP) is 2.90. The summed E-state index contributed by atoms with van der Waals surface area (Å²) in [7, 11) is 0. The SMILES string of the molecule is CC(=O)Nc1ccc(N(CCC(=O)Nc2ccccc2C#N)C(C)=O)cc1. The third kappa shape index (κ3) is 5.68. The molecule has 2 aromatic rings. The van der Waals surface area contributed by atoms with Crippen LogP contribution in [0.25, 0.3) is 0 Å². The molecule has 0 unspecified atom stereocenters. The van der Waals surface area contributed by atoms with Gasteiger partial charge < -0.3 is 15.5 Å². The number of nitrogens with one attached hydrogen (secondary N) is 2. The summed E-state index contributed by atoms with van der Waals surface area (Å²) in [5.74, 6) is -0.674. The van der Waals surface area contributed by atoms with Crippen LogP contribution in [0.4, 0.5) is 17.1 Å². The molecule has 3 amide bonds. The zero-order valence-corrected chi connectivity index (χ0v) is 15.2. The van der Waals surface area contributed by atoms with Crippen LogP contribution in [0.1, 0.15) is 25.8 Å². The van der Waals surface area contributed by atoms with E-state index < -0.39 is 0 Å². The fourth-order valence-electron chi connectivity index (χ4n) is 2.51. The van der Waals surface area contributed by atoms with E-state index in [0.717, 1.165) is 0 Å². The van der Waals surface area contributed by atoms with Crippen molar-refractivity contribution in [1.29, 1.82) is 5.26 Å². The number of para-hydroxylation sites is 1. The topological polar surface area (TPSA) is 102 Å². The Balaban J connectivity index is 2.02. The Morgan fingerprint density at radius 3 is 2.26 bits per heavy atom. The maximum Gasteiger partial charge on any atom is 0.226 e. The highest BCUT2D eigenvalue weighted by Crippen LogP contribution is 2.19. The molecule has 0 spiro atoms. The van der Waals surface area contributed by atoms with Crippen molar-refractivity contribution in [2.24, 2.45) is 0 Å². The van der Waals surface area contributed by atoms with Crippen LogP contribution in [-0.2, 0) is 14.4 Å². The van der Waals surface area contributed by atoms with E-state index in [2.05, 4.69) is 10.6 Å². The Hall–Kier alpha value is -3.66. The second-order valence-corrected chi connectivity index (χ2v) is 5.85. The summed E-state index contributed by atoms with van der Waals surface area (Å²) in [5.41, 5.74) is 2.07. The Morgan fingerprint density at radius 1 is 1.00 bits per heavy atom. The predicted molar refractivity (Wildman–Crippen MR) is 103 cm³/mol. The van der Waals surface area contributed by atoms with E-state index in [1.54, 1.807) is 48.5 Å². The third-order valence-electron chi connectivity index (χ3n) is 3.76. The number of amides is 3. The molecule has 2 aromatic carbocycles. The molecule has 27 heavy (non-hydrogen) atoms. The lowest BCUT2D eigenvalue weighted by atomic mass is 10.2. The highest BCUT2D eigenvalue weighted by atomic mass is 16.2. The molecule has 0 saturated carbocycles. The first kappa shape index (κ1) is 19.7. The highest BCUT2D eigenvalue weighted by molar-refractivity contribution is 5.96. The Morgan fingerprint density at radius 2 is 1.67 bits per heavy atom. The van der Waals surface area contributed by atoms with Crippen LogP contribution in [0.3, 0.4) is 0 Å². The molecule has 0 saturated heterocycles. The van der Waals surface area contributed by atoms with Gasteiger partial charge in [-0.05, 0) is 36.4 Å². The molecular weight excluding hydrogens is 344 g/mol. The van der Waals surface area contributed by atoms with Gasteiger partial charge in [-0.25, -0.2) is 0 Å². The van der Waals surface area contributed by atoms with Crippen molar-refractivity contribution in [3.63, 3.8) is 0 Å². The summed E-state index contributed by atoms with van der Waals surface area (Å²) in [6.07, 6.45) is 0.0762. The second-order valence-electron chi connectivity index (χ2n) is 5.85. The Bertz CT molecular complexity index is 885. The lowest BCUT2D eigenvalue weighted by Crippen LogP contribution is -2.32. The van der Waals surface area contributed by atoms with Gasteiger partial charge in [-0.1, -0.05) is 12.1 Å². The van der Waals surface area contributed by atoms with Crippen LogP contribution in [0.15, 0.2) is 48.5 Å². The van der Waals surface area contributed by atoms with Crippen LogP contribution in [0.2, 0.25) is 0 Å². The Labute approximate surface area is 157 Å². The molecular formula is C20H20N4O3.